The smallest absolute Gasteiger partial charge is 0.316 e. The van der Waals surface area contributed by atoms with Gasteiger partial charge in [0.05, 0.1) is 22.5 Å². The molecule has 0 bridgehead atoms. The third-order valence-electron chi connectivity index (χ3n) is 2.38. The molecule has 1 aromatic heterocycles. The third-order valence-corrected chi connectivity index (χ3v) is 4.77. The molecule has 0 spiro atoms. The summed E-state index contributed by atoms with van der Waals surface area (Å²) in [6.45, 7) is 1.91. The van der Waals surface area contributed by atoms with Crippen LogP contribution >= 0.6 is 34.7 Å². The van der Waals surface area contributed by atoms with Crippen LogP contribution in [0.3, 0.4) is 0 Å². The van der Waals surface area contributed by atoms with Gasteiger partial charge in [0.15, 0.2) is 4.34 Å². The number of rotatable bonds is 6. The summed E-state index contributed by atoms with van der Waals surface area (Å²) in [5.74, 6) is -0.288. The molecule has 0 unspecified atom stereocenters. The van der Waals surface area contributed by atoms with Gasteiger partial charge >= 0.3 is 5.97 Å². The van der Waals surface area contributed by atoms with Crippen LogP contribution in [0.15, 0.2) is 22.5 Å². The number of amides is 1. The summed E-state index contributed by atoms with van der Waals surface area (Å²) in [4.78, 5) is 26.6. The lowest BCUT2D eigenvalue weighted by molar-refractivity contribution is -0.140. The van der Waals surface area contributed by atoms with Crippen LogP contribution in [-0.4, -0.2) is 35.8 Å². The molecule has 8 heteroatoms. The van der Waals surface area contributed by atoms with E-state index in [2.05, 4.69) is 10.3 Å². The molecule has 112 valence electrons. The maximum atomic E-state index is 11.5. The molecule has 0 aliphatic heterocycles. The van der Waals surface area contributed by atoms with Crippen LogP contribution in [0.25, 0.3) is 10.2 Å². The molecule has 0 atom stereocenters. The Kier molecular flexibility index (Phi) is 5.84. The van der Waals surface area contributed by atoms with Crippen molar-refractivity contribution in [2.75, 3.05) is 18.9 Å². The maximum absolute atomic E-state index is 11.5. The van der Waals surface area contributed by atoms with Crippen LogP contribution in [0.4, 0.5) is 0 Å². The van der Waals surface area contributed by atoms with Crippen LogP contribution < -0.4 is 5.32 Å². The Morgan fingerprint density at radius 1 is 1.48 bits per heavy atom. The van der Waals surface area contributed by atoms with E-state index in [1.807, 2.05) is 12.1 Å². The molecule has 1 N–H and O–H groups in total. The average molecular weight is 345 g/mol. The average Bonchev–Trinajstić information content (AvgIpc) is 2.83. The van der Waals surface area contributed by atoms with Gasteiger partial charge in [-0.25, -0.2) is 4.98 Å². The number of carbonyl (C=O) groups excluding carboxylic acids is 2. The molecule has 2 rings (SSSR count). The second kappa shape index (κ2) is 7.63. The first-order valence-electron chi connectivity index (χ1n) is 6.13. The topological polar surface area (TPSA) is 68.3 Å². The van der Waals surface area contributed by atoms with Gasteiger partial charge in [0.1, 0.15) is 6.61 Å². The maximum Gasteiger partial charge on any atom is 0.316 e. The van der Waals surface area contributed by atoms with Crippen molar-refractivity contribution in [2.45, 2.75) is 11.3 Å². The summed E-state index contributed by atoms with van der Waals surface area (Å²) in [6, 6.07) is 5.52. The van der Waals surface area contributed by atoms with E-state index in [9.17, 15) is 9.59 Å². The molecule has 1 amide bonds. The van der Waals surface area contributed by atoms with Crippen molar-refractivity contribution in [3.63, 3.8) is 0 Å². The number of carbonyl (C=O) groups is 2. The Hall–Kier alpha value is -1.31. The van der Waals surface area contributed by atoms with Gasteiger partial charge in [-0.3, -0.25) is 9.59 Å². The zero-order valence-corrected chi connectivity index (χ0v) is 13.6. The molecule has 5 nitrogen and oxygen atoms in total. The lowest BCUT2D eigenvalue weighted by atomic mass is 10.3. The van der Waals surface area contributed by atoms with Gasteiger partial charge in [-0.15, -0.1) is 11.3 Å². The summed E-state index contributed by atoms with van der Waals surface area (Å²) >= 11 is 8.74. The standard InChI is InChI=1S/C13H13ClN2O3S2/c1-8(17)15-4-5-19-12(18)7-20-13-16-10-6-9(14)2-3-11(10)21-13/h2-3,6H,4-5,7H2,1H3,(H,15,17). The van der Waals surface area contributed by atoms with E-state index in [1.165, 1.54) is 30.0 Å². The largest absolute Gasteiger partial charge is 0.463 e. The zero-order chi connectivity index (χ0) is 15.2. The van der Waals surface area contributed by atoms with E-state index in [4.69, 9.17) is 16.3 Å². The second-order valence-corrected chi connectivity index (χ2v) is 6.77. The molecule has 0 saturated heterocycles. The SMILES string of the molecule is CC(=O)NCCOC(=O)CSc1nc2cc(Cl)ccc2s1. The highest BCUT2D eigenvalue weighted by Crippen LogP contribution is 2.30. The molecular formula is C13H13ClN2O3S2. The first-order valence-corrected chi connectivity index (χ1v) is 8.31. The van der Waals surface area contributed by atoms with Crippen molar-refractivity contribution < 1.29 is 14.3 Å². The van der Waals surface area contributed by atoms with Crippen LogP contribution in [0.5, 0.6) is 0 Å². The van der Waals surface area contributed by atoms with Gasteiger partial charge in [-0.2, -0.15) is 0 Å². The Morgan fingerprint density at radius 2 is 2.29 bits per heavy atom. The van der Waals surface area contributed by atoms with Gasteiger partial charge in [0, 0.05) is 11.9 Å². The number of ether oxygens (including phenoxy) is 1. The van der Waals surface area contributed by atoms with E-state index in [0.717, 1.165) is 14.6 Å². The fourth-order valence-corrected chi connectivity index (χ4v) is 3.51. The van der Waals surface area contributed by atoms with Crippen molar-refractivity contribution in [3.8, 4) is 0 Å². The van der Waals surface area contributed by atoms with E-state index in [0.29, 0.717) is 11.6 Å². The summed E-state index contributed by atoms with van der Waals surface area (Å²) < 4.78 is 6.81. The Morgan fingerprint density at radius 3 is 3.05 bits per heavy atom. The Labute approximate surface area is 135 Å². The van der Waals surface area contributed by atoms with Gasteiger partial charge in [-0.1, -0.05) is 23.4 Å². The van der Waals surface area contributed by atoms with Crippen molar-refractivity contribution in [1.82, 2.24) is 10.3 Å². The fourth-order valence-electron chi connectivity index (χ4n) is 1.50. The Bertz CT molecular complexity index is 660. The molecule has 0 radical (unpaired) electrons. The molecule has 1 aromatic carbocycles. The van der Waals surface area contributed by atoms with E-state index < -0.39 is 0 Å². The number of fused-ring (bicyclic) bond motifs is 1. The number of esters is 1. The van der Waals surface area contributed by atoms with Gasteiger partial charge < -0.3 is 10.1 Å². The van der Waals surface area contributed by atoms with Crippen LogP contribution in [0, 0.1) is 0 Å². The predicted octanol–water partition coefficient (Wildman–Crippen LogP) is 2.72. The van der Waals surface area contributed by atoms with Crippen LogP contribution in [0.1, 0.15) is 6.92 Å². The highest BCUT2D eigenvalue weighted by Gasteiger charge is 2.09. The summed E-state index contributed by atoms with van der Waals surface area (Å²) in [5, 5.41) is 3.19. The first kappa shape index (κ1) is 16.1. The lowest BCUT2D eigenvalue weighted by Gasteiger charge is -2.04. The quantitative estimate of drug-likeness (QED) is 0.495. The predicted molar refractivity (Wildman–Crippen MR) is 85.0 cm³/mol. The second-order valence-electron chi connectivity index (χ2n) is 4.08. The van der Waals surface area contributed by atoms with Gasteiger partial charge in [0.25, 0.3) is 0 Å². The number of hydrogen-bond donors (Lipinski definition) is 1. The highest BCUT2D eigenvalue weighted by atomic mass is 35.5. The minimum Gasteiger partial charge on any atom is -0.463 e. The van der Waals surface area contributed by atoms with E-state index >= 15 is 0 Å². The summed E-state index contributed by atoms with van der Waals surface area (Å²) in [6.07, 6.45) is 0. The molecule has 2 aromatic rings. The monoisotopic (exact) mass is 344 g/mol. The van der Waals surface area contributed by atoms with Crippen LogP contribution in [0.2, 0.25) is 5.02 Å². The van der Waals surface area contributed by atoms with Crippen molar-refractivity contribution >= 4 is 56.8 Å². The van der Waals surface area contributed by atoms with Crippen molar-refractivity contribution in [3.05, 3.63) is 23.2 Å². The first-order chi connectivity index (χ1) is 10.0. The molecule has 0 aliphatic rings. The minimum absolute atomic E-state index is 0.145. The zero-order valence-electron chi connectivity index (χ0n) is 11.2. The summed E-state index contributed by atoms with van der Waals surface area (Å²) in [7, 11) is 0. The number of nitrogens with one attached hydrogen (secondary N) is 1. The molecule has 21 heavy (non-hydrogen) atoms. The number of thiazole rings is 1. The number of halogens is 1. The van der Waals surface area contributed by atoms with Crippen LogP contribution in [-0.2, 0) is 14.3 Å². The number of thioether (sulfide) groups is 1. The highest BCUT2D eigenvalue weighted by molar-refractivity contribution is 8.01. The molecule has 0 aliphatic carbocycles. The van der Waals surface area contributed by atoms with E-state index in [-0.39, 0.29) is 24.2 Å². The van der Waals surface area contributed by atoms with E-state index in [1.54, 1.807) is 6.07 Å². The lowest BCUT2D eigenvalue weighted by Crippen LogP contribution is -2.25. The third kappa shape index (κ3) is 5.18. The van der Waals surface area contributed by atoms with Crippen molar-refractivity contribution in [1.29, 1.82) is 0 Å². The number of nitrogens with zero attached hydrogens (tertiary/aromatic N) is 1. The molecule has 0 fully saturated rings. The van der Waals surface area contributed by atoms with Gasteiger partial charge in [-0.05, 0) is 18.2 Å². The van der Waals surface area contributed by atoms with Crippen molar-refractivity contribution in [2.24, 2.45) is 0 Å². The number of benzene rings is 1. The molecule has 0 saturated carbocycles. The molecular weight excluding hydrogens is 332 g/mol. The van der Waals surface area contributed by atoms with Gasteiger partial charge in [0.2, 0.25) is 5.91 Å². The fraction of sp³-hybridized carbons (Fsp3) is 0.308. The normalized spacial score (nSPS) is 10.6. The Balaban J connectivity index is 1.78. The number of hydrogen-bond acceptors (Lipinski definition) is 6. The minimum atomic E-state index is -0.331. The molecule has 1 heterocycles. The number of aromatic nitrogens is 1. The summed E-state index contributed by atoms with van der Waals surface area (Å²) in [5.41, 5.74) is 0.828.